The molecule has 0 bridgehead atoms. The molecule has 0 saturated heterocycles. The Morgan fingerprint density at radius 3 is 2.35 bits per heavy atom. The van der Waals surface area contributed by atoms with Crippen molar-refractivity contribution >= 4 is 45.4 Å². The maximum absolute atomic E-state index is 12.3. The van der Waals surface area contributed by atoms with Crippen molar-refractivity contribution in [2.75, 3.05) is 30.5 Å². The number of hydrogen-bond donors (Lipinski definition) is 0. The second-order valence-electron chi connectivity index (χ2n) is 7.44. The molecule has 0 saturated carbocycles. The Morgan fingerprint density at radius 2 is 1.62 bits per heavy atom. The molecule has 9 nitrogen and oxygen atoms in total. The number of para-hydroxylation sites is 1. The van der Waals surface area contributed by atoms with Crippen LogP contribution >= 0.6 is 0 Å². The van der Waals surface area contributed by atoms with Crippen LogP contribution in [0.3, 0.4) is 0 Å². The summed E-state index contributed by atoms with van der Waals surface area (Å²) in [5.74, 6) is -0.327. The van der Waals surface area contributed by atoms with E-state index in [0.717, 1.165) is 16.5 Å². The van der Waals surface area contributed by atoms with Crippen LogP contribution in [0.15, 0.2) is 73.1 Å². The molecular formula is C25H23N5O4. The lowest BCUT2D eigenvalue weighted by molar-refractivity contribution is -0.383. The van der Waals surface area contributed by atoms with Crippen LogP contribution in [0, 0.1) is 10.1 Å². The van der Waals surface area contributed by atoms with Crippen molar-refractivity contribution in [1.82, 2.24) is 9.97 Å². The molecule has 0 fully saturated rings. The number of benzene rings is 3. The molecule has 1 aromatic heterocycles. The Kier molecular flexibility index (Phi) is 6.35. The van der Waals surface area contributed by atoms with E-state index in [1.165, 1.54) is 18.3 Å². The summed E-state index contributed by atoms with van der Waals surface area (Å²) in [5.41, 5.74) is 1.23. The van der Waals surface area contributed by atoms with Gasteiger partial charge in [0.25, 0.3) is 0 Å². The first kappa shape index (κ1) is 22.7. The Hall–Kier alpha value is -4.53. The van der Waals surface area contributed by atoms with E-state index in [-0.39, 0.29) is 22.9 Å². The maximum atomic E-state index is 12.3. The molecule has 4 rings (SSSR count). The Labute approximate surface area is 196 Å². The van der Waals surface area contributed by atoms with E-state index < -0.39 is 10.9 Å². The predicted molar refractivity (Wildman–Crippen MR) is 131 cm³/mol. The second kappa shape index (κ2) is 9.53. The van der Waals surface area contributed by atoms with Crippen LogP contribution in [0.5, 0.6) is 0 Å². The van der Waals surface area contributed by atoms with Crippen LogP contribution in [0.25, 0.3) is 10.8 Å². The average molecular weight is 457 g/mol. The molecule has 172 valence electrons. The van der Waals surface area contributed by atoms with Gasteiger partial charge in [-0.05, 0) is 30.5 Å². The van der Waals surface area contributed by atoms with Crippen molar-refractivity contribution in [3.8, 4) is 0 Å². The average Bonchev–Trinajstić information content (AvgIpc) is 2.88. The minimum Gasteiger partial charge on any atom is -0.465 e. The summed E-state index contributed by atoms with van der Waals surface area (Å²) in [5, 5.41) is 14.3. The Bertz CT molecular complexity index is 1370. The van der Waals surface area contributed by atoms with Crippen molar-refractivity contribution in [1.29, 1.82) is 0 Å². The fraction of sp³-hybridized carbons (Fsp3) is 0.160. The van der Waals surface area contributed by atoms with Gasteiger partial charge in [0.1, 0.15) is 6.33 Å². The summed E-state index contributed by atoms with van der Waals surface area (Å²) in [7, 11) is 2.91. The molecule has 0 aliphatic carbocycles. The number of aromatic nitrogens is 2. The first-order valence-electron chi connectivity index (χ1n) is 10.6. The van der Waals surface area contributed by atoms with Gasteiger partial charge in [0, 0.05) is 19.0 Å². The lowest BCUT2D eigenvalue weighted by Crippen LogP contribution is -2.22. The number of ether oxygens (including phenoxy) is 1. The number of nitro groups is 1. The highest BCUT2D eigenvalue weighted by Gasteiger charge is 2.31. The van der Waals surface area contributed by atoms with E-state index in [2.05, 4.69) is 9.97 Å². The molecule has 0 aliphatic heterocycles. The highest BCUT2D eigenvalue weighted by molar-refractivity contribution is 5.98. The lowest BCUT2D eigenvalue weighted by Gasteiger charge is -2.26. The standard InChI is InChI=1S/C25H23N5O4/c1-4-29(21-15-9-11-17-10-5-6-12-18(17)21)24-22(30(32)33)23(26-16-27-24)28(2)20-14-8-7-13-19(20)25(31)34-3/h5-16H,4H2,1-3H3. The summed E-state index contributed by atoms with van der Waals surface area (Å²) < 4.78 is 4.88. The van der Waals surface area contributed by atoms with Crippen LogP contribution in [-0.4, -0.2) is 41.6 Å². The van der Waals surface area contributed by atoms with Crippen molar-refractivity contribution in [2.45, 2.75) is 6.92 Å². The molecule has 0 amide bonds. The zero-order valence-electron chi connectivity index (χ0n) is 19.0. The van der Waals surface area contributed by atoms with Gasteiger partial charge in [-0.1, -0.05) is 48.5 Å². The maximum Gasteiger partial charge on any atom is 0.354 e. The van der Waals surface area contributed by atoms with Crippen molar-refractivity contribution in [3.63, 3.8) is 0 Å². The normalized spacial score (nSPS) is 10.7. The van der Waals surface area contributed by atoms with Gasteiger partial charge in [0.2, 0.25) is 11.6 Å². The van der Waals surface area contributed by atoms with E-state index in [1.807, 2.05) is 49.4 Å². The van der Waals surface area contributed by atoms with Crippen LogP contribution < -0.4 is 9.80 Å². The van der Waals surface area contributed by atoms with Gasteiger partial charge in [-0.25, -0.2) is 14.8 Å². The number of fused-ring (bicyclic) bond motifs is 1. The Balaban J connectivity index is 1.90. The first-order valence-corrected chi connectivity index (χ1v) is 10.6. The summed E-state index contributed by atoms with van der Waals surface area (Å²) in [6.45, 7) is 2.34. The van der Waals surface area contributed by atoms with Crippen LogP contribution in [-0.2, 0) is 4.74 Å². The van der Waals surface area contributed by atoms with E-state index in [4.69, 9.17) is 4.74 Å². The SMILES string of the molecule is CCN(c1ncnc(N(C)c2ccccc2C(=O)OC)c1[N+](=O)[O-])c1cccc2ccccc12. The molecule has 0 unspecified atom stereocenters. The summed E-state index contributed by atoms with van der Waals surface area (Å²) in [6, 6.07) is 20.4. The highest BCUT2D eigenvalue weighted by Crippen LogP contribution is 2.41. The molecular weight excluding hydrogens is 434 g/mol. The van der Waals surface area contributed by atoms with Crippen molar-refractivity contribution in [2.24, 2.45) is 0 Å². The van der Waals surface area contributed by atoms with Crippen LogP contribution in [0.1, 0.15) is 17.3 Å². The van der Waals surface area contributed by atoms with Crippen molar-refractivity contribution in [3.05, 3.63) is 88.7 Å². The molecule has 34 heavy (non-hydrogen) atoms. The molecule has 3 aromatic carbocycles. The fourth-order valence-corrected chi connectivity index (χ4v) is 4.01. The smallest absolute Gasteiger partial charge is 0.354 e. The molecule has 4 aromatic rings. The molecule has 0 spiro atoms. The second-order valence-corrected chi connectivity index (χ2v) is 7.44. The van der Waals surface area contributed by atoms with Gasteiger partial charge in [-0.15, -0.1) is 0 Å². The monoisotopic (exact) mass is 457 g/mol. The zero-order chi connectivity index (χ0) is 24.2. The van der Waals surface area contributed by atoms with Crippen molar-refractivity contribution < 1.29 is 14.5 Å². The number of carbonyl (C=O) groups is 1. The molecule has 0 N–H and O–H groups in total. The number of anilines is 4. The van der Waals surface area contributed by atoms with Crippen LogP contribution in [0.2, 0.25) is 0 Å². The Morgan fingerprint density at radius 1 is 0.971 bits per heavy atom. The summed E-state index contributed by atoms with van der Waals surface area (Å²) in [6.07, 6.45) is 1.29. The van der Waals surface area contributed by atoms with Gasteiger partial charge < -0.3 is 14.5 Å². The molecule has 0 aliphatic rings. The fourth-order valence-electron chi connectivity index (χ4n) is 4.01. The van der Waals surface area contributed by atoms with Gasteiger partial charge in [-0.3, -0.25) is 10.1 Å². The van der Waals surface area contributed by atoms with Crippen LogP contribution in [0.4, 0.5) is 28.7 Å². The third kappa shape index (κ3) is 3.99. The zero-order valence-corrected chi connectivity index (χ0v) is 19.0. The van der Waals surface area contributed by atoms with Gasteiger partial charge in [0.15, 0.2) is 0 Å². The third-order valence-corrected chi connectivity index (χ3v) is 5.58. The van der Waals surface area contributed by atoms with Gasteiger partial charge in [-0.2, -0.15) is 0 Å². The summed E-state index contributed by atoms with van der Waals surface area (Å²) in [4.78, 5) is 36.0. The quantitative estimate of drug-likeness (QED) is 0.211. The topological polar surface area (TPSA) is 102 Å². The van der Waals surface area contributed by atoms with E-state index >= 15 is 0 Å². The third-order valence-electron chi connectivity index (χ3n) is 5.58. The number of hydrogen-bond acceptors (Lipinski definition) is 8. The molecule has 0 atom stereocenters. The number of methoxy groups -OCH3 is 1. The number of esters is 1. The first-order chi connectivity index (χ1) is 16.5. The van der Waals surface area contributed by atoms with Gasteiger partial charge >= 0.3 is 11.7 Å². The largest absolute Gasteiger partial charge is 0.465 e. The number of nitrogens with zero attached hydrogens (tertiary/aromatic N) is 5. The van der Waals surface area contributed by atoms with E-state index in [1.54, 1.807) is 36.2 Å². The minimum absolute atomic E-state index is 0.0602. The highest BCUT2D eigenvalue weighted by atomic mass is 16.6. The lowest BCUT2D eigenvalue weighted by atomic mass is 10.1. The van der Waals surface area contributed by atoms with E-state index in [0.29, 0.717) is 12.2 Å². The molecule has 1 heterocycles. The molecule has 9 heteroatoms. The van der Waals surface area contributed by atoms with Gasteiger partial charge in [0.05, 0.1) is 29.0 Å². The molecule has 0 radical (unpaired) electrons. The number of carbonyl (C=O) groups excluding carboxylic acids is 1. The minimum atomic E-state index is -0.551. The van der Waals surface area contributed by atoms with E-state index in [9.17, 15) is 14.9 Å². The predicted octanol–water partition coefficient (Wildman–Crippen LogP) is 5.25. The number of rotatable bonds is 7. The summed E-state index contributed by atoms with van der Waals surface area (Å²) >= 11 is 0.